The molecule has 0 aliphatic rings. The molecule has 0 amide bonds. The third-order valence-electron chi connectivity index (χ3n) is 1.05. The molecule has 0 unspecified atom stereocenters. The molecule has 0 atom stereocenters. The van der Waals surface area contributed by atoms with Crippen molar-refractivity contribution in [3.05, 3.63) is 11.1 Å². The monoisotopic (exact) mass is 221 g/mol. The van der Waals surface area contributed by atoms with E-state index in [0.717, 1.165) is 16.9 Å². The first-order chi connectivity index (χ1) is 4.86. The molecular weight excluding hydrogens is 214 g/mol. The summed E-state index contributed by atoms with van der Waals surface area (Å²) in [7, 11) is 1.64. The second-order valence-corrected chi connectivity index (χ2v) is 3.61. The van der Waals surface area contributed by atoms with Gasteiger partial charge in [0, 0.05) is 16.4 Å². The largest absolute Gasteiger partial charge is 0.473 e. The van der Waals surface area contributed by atoms with E-state index in [1.54, 1.807) is 18.4 Å². The molecule has 0 saturated carbocycles. The lowest BCUT2D eigenvalue weighted by Gasteiger charge is -1.87. The third kappa shape index (κ3) is 1.95. The Balaban J connectivity index is 2.59. The van der Waals surface area contributed by atoms with Crippen molar-refractivity contribution in [1.29, 1.82) is 0 Å². The molecule has 10 heavy (non-hydrogen) atoms. The molecule has 0 N–H and O–H groups in total. The summed E-state index contributed by atoms with van der Waals surface area (Å²) < 4.78 is 4.93. The molecule has 0 aliphatic carbocycles. The van der Waals surface area contributed by atoms with Crippen molar-refractivity contribution >= 4 is 27.3 Å². The lowest BCUT2D eigenvalue weighted by atomic mass is 10.4. The number of ether oxygens (including phenoxy) is 1. The average Bonchev–Trinajstić information content (AvgIpc) is 2.37. The summed E-state index contributed by atoms with van der Waals surface area (Å²) in [5.41, 5.74) is 0. The molecular formula is C6H8BrNOS. The van der Waals surface area contributed by atoms with Crippen LogP contribution in [-0.2, 0) is 6.42 Å². The van der Waals surface area contributed by atoms with Crippen LogP contribution in [0, 0.1) is 0 Å². The summed E-state index contributed by atoms with van der Waals surface area (Å²) >= 11 is 4.95. The number of aromatic nitrogens is 1. The van der Waals surface area contributed by atoms with E-state index in [1.807, 2.05) is 6.20 Å². The van der Waals surface area contributed by atoms with Crippen LogP contribution in [0.25, 0.3) is 0 Å². The van der Waals surface area contributed by atoms with E-state index >= 15 is 0 Å². The van der Waals surface area contributed by atoms with Gasteiger partial charge in [-0.1, -0.05) is 27.3 Å². The summed E-state index contributed by atoms with van der Waals surface area (Å²) in [4.78, 5) is 5.29. The molecule has 0 aromatic carbocycles. The predicted octanol–water partition coefficient (Wildman–Crippen LogP) is 2.09. The maximum Gasteiger partial charge on any atom is 0.273 e. The first-order valence-electron chi connectivity index (χ1n) is 2.91. The standard InChI is InChI=1S/C6H8BrNOS/c1-9-6-8-4-5(10-6)2-3-7/h4H,2-3H2,1H3. The van der Waals surface area contributed by atoms with Gasteiger partial charge in [0.15, 0.2) is 0 Å². The molecule has 0 fully saturated rings. The van der Waals surface area contributed by atoms with Crippen molar-refractivity contribution < 1.29 is 4.74 Å². The van der Waals surface area contributed by atoms with Gasteiger partial charge in [-0.25, -0.2) is 4.98 Å². The normalized spacial score (nSPS) is 9.80. The quantitative estimate of drug-likeness (QED) is 0.730. The minimum Gasteiger partial charge on any atom is -0.473 e. The third-order valence-corrected chi connectivity index (χ3v) is 2.46. The Morgan fingerprint density at radius 3 is 3.10 bits per heavy atom. The zero-order chi connectivity index (χ0) is 7.40. The number of methoxy groups -OCH3 is 1. The van der Waals surface area contributed by atoms with E-state index in [1.165, 1.54) is 4.88 Å². The zero-order valence-corrected chi connectivity index (χ0v) is 8.04. The molecule has 1 heterocycles. The number of nitrogens with zero attached hydrogens (tertiary/aromatic N) is 1. The van der Waals surface area contributed by atoms with E-state index in [9.17, 15) is 0 Å². The highest BCUT2D eigenvalue weighted by Crippen LogP contribution is 2.20. The first-order valence-corrected chi connectivity index (χ1v) is 4.85. The van der Waals surface area contributed by atoms with Crippen LogP contribution < -0.4 is 4.74 Å². The van der Waals surface area contributed by atoms with Gasteiger partial charge in [0.05, 0.1) is 7.11 Å². The lowest BCUT2D eigenvalue weighted by Crippen LogP contribution is -1.77. The molecule has 0 saturated heterocycles. The number of alkyl halides is 1. The Labute approximate surface area is 72.4 Å². The molecule has 0 aliphatic heterocycles. The maximum atomic E-state index is 4.93. The fourth-order valence-electron chi connectivity index (χ4n) is 0.593. The van der Waals surface area contributed by atoms with Gasteiger partial charge in [-0.2, -0.15) is 0 Å². The fourth-order valence-corrected chi connectivity index (χ4v) is 2.00. The summed E-state index contributed by atoms with van der Waals surface area (Å²) in [6.45, 7) is 0. The maximum absolute atomic E-state index is 4.93. The van der Waals surface area contributed by atoms with Crippen LogP contribution in [-0.4, -0.2) is 17.4 Å². The Morgan fingerprint density at radius 2 is 2.60 bits per heavy atom. The fraction of sp³-hybridized carbons (Fsp3) is 0.500. The van der Waals surface area contributed by atoms with Crippen molar-refractivity contribution in [3.63, 3.8) is 0 Å². The van der Waals surface area contributed by atoms with Crippen LogP contribution in [0.2, 0.25) is 0 Å². The van der Waals surface area contributed by atoms with E-state index in [2.05, 4.69) is 20.9 Å². The van der Waals surface area contributed by atoms with Crippen LogP contribution in [0.4, 0.5) is 0 Å². The molecule has 1 rings (SSSR count). The van der Waals surface area contributed by atoms with E-state index in [0.29, 0.717) is 0 Å². The van der Waals surface area contributed by atoms with E-state index in [4.69, 9.17) is 4.74 Å². The van der Waals surface area contributed by atoms with Gasteiger partial charge in [0.2, 0.25) is 0 Å². The van der Waals surface area contributed by atoms with Gasteiger partial charge < -0.3 is 4.74 Å². The Bertz CT molecular complexity index is 201. The number of halogens is 1. The van der Waals surface area contributed by atoms with Gasteiger partial charge in [0.25, 0.3) is 5.19 Å². The number of thiazole rings is 1. The van der Waals surface area contributed by atoms with Gasteiger partial charge in [-0.3, -0.25) is 0 Å². The molecule has 0 spiro atoms. The lowest BCUT2D eigenvalue weighted by molar-refractivity contribution is 0.412. The highest BCUT2D eigenvalue weighted by Gasteiger charge is 1.98. The molecule has 2 nitrogen and oxygen atoms in total. The summed E-state index contributed by atoms with van der Waals surface area (Å²) in [6.07, 6.45) is 2.88. The van der Waals surface area contributed by atoms with E-state index < -0.39 is 0 Å². The van der Waals surface area contributed by atoms with Gasteiger partial charge in [-0.05, 0) is 6.42 Å². The Kier molecular flexibility index (Phi) is 3.15. The van der Waals surface area contributed by atoms with Crippen molar-refractivity contribution in [1.82, 2.24) is 4.98 Å². The molecule has 56 valence electrons. The van der Waals surface area contributed by atoms with Crippen molar-refractivity contribution in [2.45, 2.75) is 6.42 Å². The number of hydrogen-bond donors (Lipinski definition) is 0. The second kappa shape index (κ2) is 3.93. The molecule has 1 aromatic heterocycles. The van der Waals surface area contributed by atoms with Crippen LogP contribution in [0.5, 0.6) is 5.19 Å². The zero-order valence-electron chi connectivity index (χ0n) is 5.63. The van der Waals surface area contributed by atoms with Crippen molar-refractivity contribution in [2.24, 2.45) is 0 Å². The Morgan fingerprint density at radius 1 is 1.80 bits per heavy atom. The van der Waals surface area contributed by atoms with Crippen LogP contribution in [0.15, 0.2) is 6.20 Å². The summed E-state index contributed by atoms with van der Waals surface area (Å²) in [6, 6.07) is 0. The number of rotatable bonds is 3. The minimum absolute atomic E-state index is 0.746. The number of aryl methyl sites for hydroxylation is 1. The number of hydrogen-bond acceptors (Lipinski definition) is 3. The van der Waals surface area contributed by atoms with Gasteiger partial charge >= 0.3 is 0 Å². The predicted molar refractivity (Wildman–Crippen MR) is 46.2 cm³/mol. The topological polar surface area (TPSA) is 22.1 Å². The minimum atomic E-state index is 0.746. The second-order valence-electron chi connectivity index (χ2n) is 1.74. The summed E-state index contributed by atoms with van der Waals surface area (Å²) in [5, 5.41) is 1.73. The highest BCUT2D eigenvalue weighted by molar-refractivity contribution is 9.09. The summed E-state index contributed by atoms with van der Waals surface area (Å²) in [5.74, 6) is 0. The first kappa shape index (κ1) is 8.01. The van der Waals surface area contributed by atoms with Crippen LogP contribution >= 0.6 is 27.3 Å². The Hall–Kier alpha value is -0.0900. The van der Waals surface area contributed by atoms with Crippen molar-refractivity contribution in [2.75, 3.05) is 12.4 Å². The molecule has 0 bridgehead atoms. The van der Waals surface area contributed by atoms with E-state index in [-0.39, 0.29) is 0 Å². The molecule has 4 heteroatoms. The van der Waals surface area contributed by atoms with Crippen LogP contribution in [0.1, 0.15) is 4.88 Å². The van der Waals surface area contributed by atoms with Gasteiger partial charge in [-0.15, -0.1) is 0 Å². The van der Waals surface area contributed by atoms with Crippen LogP contribution in [0.3, 0.4) is 0 Å². The molecule has 1 aromatic rings. The smallest absolute Gasteiger partial charge is 0.273 e. The van der Waals surface area contributed by atoms with Gasteiger partial charge in [0.1, 0.15) is 0 Å². The molecule has 0 radical (unpaired) electrons. The van der Waals surface area contributed by atoms with Crippen molar-refractivity contribution in [3.8, 4) is 5.19 Å². The average molecular weight is 222 g/mol. The highest BCUT2D eigenvalue weighted by atomic mass is 79.9. The SMILES string of the molecule is COc1ncc(CCBr)s1.